The predicted molar refractivity (Wildman–Crippen MR) is 119 cm³/mol. The highest BCUT2D eigenvalue weighted by Crippen LogP contribution is 2.36. The Balaban J connectivity index is 1.26. The van der Waals surface area contributed by atoms with Crippen LogP contribution in [0, 0.1) is 5.92 Å². The first kappa shape index (κ1) is 19.7. The third kappa shape index (κ3) is 3.48. The summed E-state index contributed by atoms with van der Waals surface area (Å²) in [6.07, 6.45) is 4.92. The molecule has 2 aromatic heterocycles. The molecule has 2 fully saturated rings. The van der Waals surface area contributed by atoms with Crippen LogP contribution in [0.25, 0.3) is 22.2 Å². The van der Waals surface area contributed by atoms with Gasteiger partial charge in [-0.25, -0.2) is 9.78 Å². The van der Waals surface area contributed by atoms with Crippen molar-refractivity contribution in [3.8, 4) is 11.3 Å². The lowest BCUT2D eigenvalue weighted by Gasteiger charge is -2.33. The van der Waals surface area contributed by atoms with Gasteiger partial charge >= 0.3 is 6.03 Å². The van der Waals surface area contributed by atoms with Crippen molar-refractivity contribution in [3.63, 3.8) is 0 Å². The second kappa shape index (κ2) is 7.49. The molecule has 3 aromatic rings. The zero-order valence-electron chi connectivity index (χ0n) is 17.1. The van der Waals surface area contributed by atoms with Crippen molar-refractivity contribution in [2.24, 2.45) is 5.92 Å². The molecule has 0 atom stereocenters. The van der Waals surface area contributed by atoms with Gasteiger partial charge in [0.15, 0.2) is 5.13 Å². The summed E-state index contributed by atoms with van der Waals surface area (Å²) < 4.78 is 0. The van der Waals surface area contributed by atoms with E-state index in [9.17, 15) is 14.4 Å². The fourth-order valence-corrected chi connectivity index (χ4v) is 5.18. The Hall–Kier alpha value is -3.20. The number of carbonyl (C=O) groups excluding carboxylic acids is 3. The van der Waals surface area contributed by atoms with Gasteiger partial charge in [-0.15, -0.1) is 11.3 Å². The highest BCUT2D eigenvalue weighted by Gasteiger charge is 2.52. The number of aromatic nitrogens is 2. The van der Waals surface area contributed by atoms with Gasteiger partial charge in [-0.2, -0.15) is 0 Å². The maximum absolute atomic E-state index is 12.9. The Morgan fingerprint density at radius 3 is 2.87 bits per heavy atom. The van der Waals surface area contributed by atoms with E-state index >= 15 is 0 Å². The first-order chi connectivity index (χ1) is 14.9. The molecule has 3 N–H and O–H groups in total. The minimum Gasteiger partial charge on any atom is -0.360 e. The second-order valence-corrected chi connectivity index (χ2v) is 9.28. The van der Waals surface area contributed by atoms with Gasteiger partial charge in [0.05, 0.1) is 5.69 Å². The van der Waals surface area contributed by atoms with E-state index in [4.69, 9.17) is 0 Å². The van der Waals surface area contributed by atoms with E-state index in [2.05, 4.69) is 27.5 Å². The van der Waals surface area contributed by atoms with Crippen molar-refractivity contribution >= 4 is 45.2 Å². The summed E-state index contributed by atoms with van der Waals surface area (Å²) in [5.74, 6) is -0.188. The molecular formula is C22H23N5O3S. The zero-order valence-corrected chi connectivity index (χ0v) is 17.9. The summed E-state index contributed by atoms with van der Waals surface area (Å²) in [5.41, 5.74) is 1.88. The first-order valence-electron chi connectivity index (χ1n) is 10.4. The number of hydrogen-bond donors (Lipinski definition) is 3. The van der Waals surface area contributed by atoms with Gasteiger partial charge in [0.2, 0.25) is 5.91 Å². The number of hydrogen-bond acceptors (Lipinski definition) is 5. The van der Waals surface area contributed by atoms with Crippen molar-refractivity contribution in [2.45, 2.75) is 38.1 Å². The molecule has 1 saturated heterocycles. The molecular weight excluding hydrogens is 414 g/mol. The van der Waals surface area contributed by atoms with Crippen LogP contribution in [-0.2, 0) is 9.59 Å². The molecule has 0 bridgehead atoms. The number of H-pyrrole nitrogens is 1. The number of urea groups is 1. The number of nitrogens with zero attached hydrogens (tertiary/aromatic N) is 2. The molecule has 1 aliphatic heterocycles. The van der Waals surface area contributed by atoms with E-state index in [1.54, 1.807) is 0 Å². The molecule has 1 spiro atoms. The number of imide groups is 1. The molecule has 2 aliphatic rings. The number of anilines is 1. The molecule has 0 radical (unpaired) electrons. The van der Waals surface area contributed by atoms with Crippen molar-refractivity contribution in [2.75, 3.05) is 11.9 Å². The van der Waals surface area contributed by atoms with E-state index in [1.165, 1.54) is 11.3 Å². The smallest absolute Gasteiger partial charge is 0.325 e. The number of aromatic amines is 1. The summed E-state index contributed by atoms with van der Waals surface area (Å²) in [5, 5.41) is 8.92. The SMILES string of the molecule is CC1CCC2(CC1)NC(=O)N(CC(=O)Nc1nc(-c3c[nH]c4ccccc34)cs1)C2=O. The van der Waals surface area contributed by atoms with Crippen molar-refractivity contribution < 1.29 is 14.4 Å². The van der Waals surface area contributed by atoms with Gasteiger partial charge in [-0.3, -0.25) is 14.5 Å². The number of rotatable bonds is 4. The molecule has 3 heterocycles. The minimum absolute atomic E-state index is 0.293. The van der Waals surface area contributed by atoms with Gasteiger partial charge in [0.1, 0.15) is 12.1 Å². The highest BCUT2D eigenvalue weighted by molar-refractivity contribution is 7.14. The minimum atomic E-state index is -0.840. The van der Waals surface area contributed by atoms with E-state index in [1.807, 2.05) is 35.8 Å². The lowest BCUT2D eigenvalue weighted by atomic mass is 9.77. The number of nitrogens with one attached hydrogen (secondary N) is 3. The standard InChI is InChI=1S/C22H23N5O3S/c1-13-6-8-22(9-7-13)19(29)27(21(30)26-22)11-18(28)25-20-24-17(12-31-20)15-10-23-16-5-3-2-4-14(15)16/h2-5,10,12-13,23H,6-9,11H2,1H3,(H,26,30)(H,24,25,28). The van der Waals surface area contributed by atoms with Crippen molar-refractivity contribution in [3.05, 3.63) is 35.8 Å². The highest BCUT2D eigenvalue weighted by atomic mass is 32.1. The van der Waals surface area contributed by atoms with Gasteiger partial charge in [0.25, 0.3) is 5.91 Å². The van der Waals surface area contributed by atoms with Gasteiger partial charge in [0, 0.05) is 28.0 Å². The third-order valence-corrected chi connectivity index (χ3v) is 7.05. The molecule has 1 saturated carbocycles. The lowest BCUT2D eigenvalue weighted by molar-refractivity contribution is -0.135. The summed E-state index contributed by atoms with van der Waals surface area (Å²) in [7, 11) is 0. The Kier molecular flexibility index (Phi) is 4.77. The van der Waals surface area contributed by atoms with Crippen LogP contribution in [0.15, 0.2) is 35.8 Å². The van der Waals surface area contributed by atoms with Crippen LogP contribution >= 0.6 is 11.3 Å². The van der Waals surface area contributed by atoms with Crippen molar-refractivity contribution in [1.29, 1.82) is 0 Å². The molecule has 31 heavy (non-hydrogen) atoms. The monoisotopic (exact) mass is 437 g/mol. The van der Waals surface area contributed by atoms with Crippen LogP contribution in [-0.4, -0.2) is 44.8 Å². The summed E-state index contributed by atoms with van der Waals surface area (Å²) >= 11 is 1.31. The van der Waals surface area contributed by atoms with Crippen LogP contribution in [0.3, 0.4) is 0 Å². The molecule has 1 aromatic carbocycles. The Morgan fingerprint density at radius 2 is 2.06 bits per heavy atom. The molecule has 9 heteroatoms. The number of amides is 4. The van der Waals surface area contributed by atoms with E-state index < -0.39 is 17.5 Å². The largest absolute Gasteiger partial charge is 0.360 e. The number of fused-ring (bicyclic) bond motifs is 1. The predicted octanol–water partition coefficient (Wildman–Crippen LogP) is 3.73. The summed E-state index contributed by atoms with van der Waals surface area (Å²) in [4.78, 5) is 46.6. The molecule has 0 unspecified atom stereocenters. The average Bonchev–Trinajstić information content (AvgIpc) is 3.44. The van der Waals surface area contributed by atoms with E-state index in [0.29, 0.717) is 23.9 Å². The van der Waals surface area contributed by atoms with E-state index in [0.717, 1.165) is 39.9 Å². The maximum Gasteiger partial charge on any atom is 0.325 e. The summed E-state index contributed by atoms with van der Waals surface area (Å²) in [6, 6.07) is 7.44. The molecule has 5 rings (SSSR count). The van der Waals surface area contributed by atoms with Crippen molar-refractivity contribution in [1.82, 2.24) is 20.2 Å². The quantitative estimate of drug-likeness (QED) is 0.541. The van der Waals surface area contributed by atoms with Crippen LogP contribution in [0.2, 0.25) is 0 Å². The number of para-hydroxylation sites is 1. The molecule has 1 aliphatic carbocycles. The zero-order chi connectivity index (χ0) is 21.6. The van der Waals surface area contributed by atoms with E-state index in [-0.39, 0.29) is 12.5 Å². The number of thiazole rings is 1. The molecule has 4 amide bonds. The first-order valence-corrected chi connectivity index (χ1v) is 11.3. The van der Waals surface area contributed by atoms with Crippen LogP contribution in [0.4, 0.5) is 9.93 Å². The fraction of sp³-hybridized carbons (Fsp3) is 0.364. The third-order valence-electron chi connectivity index (χ3n) is 6.29. The molecule has 8 nitrogen and oxygen atoms in total. The van der Waals surface area contributed by atoms with Crippen LogP contribution in [0.5, 0.6) is 0 Å². The van der Waals surface area contributed by atoms with Gasteiger partial charge < -0.3 is 15.6 Å². The normalized spacial score (nSPS) is 23.5. The number of benzene rings is 1. The lowest BCUT2D eigenvalue weighted by Crippen LogP contribution is -2.49. The van der Waals surface area contributed by atoms with Gasteiger partial charge in [-0.05, 0) is 37.7 Å². The second-order valence-electron chi connectivity index (χ2n) is 8.42. The Morgan fingerprint density at radius 1 is 1.29 bits per heavy atom. The van der Waals surface area contributed by atoms with Crippen LogP contribution in [0.1, 0.15) is 32.6 Å². The summed E-state index contributed by atoms with van der Waals surface area (Å²) in [6.45, 7) is 1.84. The Labute approximate surface area is 183 Å². The Bertz CT molecular complexity index is 1170. The fourth-order valence-electron chi connectivity index (χ4n) is 4.45. The van der Waals surface area contributed by atoms with Gasteiger partial charge in [-0.1, -0.05) is 25.1 Å². The maximum atomic E-state index is 12.9. The average molecular weight is 438 g/mol. The van der Waals surface area contributed by atoms with Crippen LogP contribution < -0.4 is 10.6 Å². The topological polar surface area (TPSA) is 107 Å². The number of carbonyl (C=O) groups is 3. The molecule has 160 valence electrons.